The van der Waals surface area contributed by atoms with E-state index < -0.39 is 0 Å². The second kappa shape index (κ2) is 10.1. The molecule has 0 aliphatic carbocycles. The van der Waals surface area contributed by atoms with Gasteiger partial charge in [-0.2, -0.15) is 11.8 Å². The normalized spacial score (nSPS) is 22.6. The Morgan fingerprint density at radius 2 is 1.63 bits per heavy atom. The van der Waals surface area contributed by atoms with Crippen LogP contribution in [-0.4, -0.2) is 24.1 Å². The van der Waals surface area contributed by atoms with Gasteiger partial charge in [0.1, 0.15) is 0 Å². The summed E-state index contributed by atoms with van der Waals surface area (Å²) in [5, 5.41) is 3.77. The van der Waals surface area contributed by atoms with Crippen molar-refractivity contribution in [1.29, 1.82) is 0 Å². The van der Waals surface area contributed by atoms with Crippen LogP contribution in [0.25, 0.3) is 0 Å². The van der Waals surface area contributed by atoms with E-state index in [1.54, 1.807) is 0 Å². The summed E-state index contributed by atoms with van der Waals surface area (Å²) in [6.07, 6.45) is 12.7. The highest BCUT2D eigenvalue weighted by molar-refractivity contribution is 7.99. The van der Waals surface area contributed by atoms with E-state index in [1.807, 2.05) is 0 Å². The molecule has 0 spiro atoms. The van der Waals surface area contributed by atoms with Gasteiger partial charge in [-0.3, -0.25) is 0 Å². The van der Waals surface area contributed by atoms with Crippen molar-refractivity contribution in [1.82, 2.24) is 5.32 Å². The van der Waals surface area contributed by atoms with Crippen LogP contribution in [0.3, 0.4) is 0 Å². The number of rotatable bonds is 10. The number of unbranched alkanes of at least 4 members (excludes halogenated alkanes) is 7. The van der Waals surface area contributed by atoms with Crippen molar-refractivity contribution in [2.75, 3.05) is 18.1 Å². The molecular formula is C17H35NS. The lowest BCUT2D eigenvalue weighted by molar-refractivity contribution is 0.317. The minimum absolute atomic E-state index is 0.542. The molecule has 1 nitrogen and oxygen atoms in total. The molecule has 0 aromatic rings. The summed E-state index contributed by atoms with van der Waals surface area (Å²) in [6, 6.07) is 0.762. The second-order valence-electron chi connectivity index (χ2n) is 7.01. The Labute approximate surface area is 125 Å². The van der Waals surface area contributed by atoms with Gasteiger partial charge in [0.2, 0.25) is 0 Å². The summed E-state index contributed by atoms with van der Waals surface area (Å²) < 4.78 is 0. The van der Waals surface area contributed by atoms with E-state index in [1.165, 1.54) is 75.8 Å². The molecule has 1 heterocycles. The molecule has 1 aliphatic rings. The Balaban J connectivity index is 1.88. The molecule has 2 heteroatoms. The van der Waals surface area contributed by atoms with Crippen LogP contribution in [0.15, 0.2) is 0 Å². The monoisotopic (exact) mass is 285 g/mol. The van der Waals surface area contributed by atoms with Gasteiger partial charge in [-0.15, -0.1) is 0 Å². The number of thioether (sulfide) groups is 1. The molecule has 1 N–H and O–H groups in total. The van der Waals surface area contributed by atoms with E-state index in [0.717, 1.165) is 6.04 Å². The smallest absolute Gasteiger partial charge is 0.0163 e. The van der Waals surface area contributed by atoms with Crippen molar-refractivity contribution in [2.24, 2.45) is 5.41 Å². The lowest BCUT2D eigenvalue weighted by atomic mass is 9.88. The Morgan fingerprint density at radius 1 is 1.00 bits per heavy atom. The van der Waals surface area contributed by atoms with Crippen LogP contribution in [0.5, 0.6) is 0 Å². The zero-order valence-corrected chi connectivity index (χ0v) is 14.3. The van der Waals surface area contributed by atoms with Gasteiger partial charge in [-0.25, -0.2) is 0 Å². The van der Waals surface area contributed by atoms with Crippen LogP contribution in [-0.2, 0) is 0 Å². The number of hydrogen-bond acceptors (Lipinski definition) is 2. The van der Waals surface area contributed by atoms with Gasteiger partial charge < -0.3 is 5.32 Å². The van der Waals surface area contributed by atoms with Gasteiger partial charge in [0.25, 0.3) is 0 Å². The van der Waals surface area contributed by atoms with Gasteiger partial charge in [0.15, 0.2) is 0 Å². The zero-order chi connectivity index (χ0) is 14.0. The van der Waals surface area contributed by atoms with Crippen LogP contribution in [0.2, 0.25) is 0 Å². The Hall–Kier alpha value is 0.310. The largest absolute Gasteiger partial charge is 0.313 e. The third-order valence-corrected chi connectivity index (χ3v) is 5.70. The fourth-order valence-electron chi connectivity index (χ4n) is 2.96. The maximum absolute atomic E-state index is 3.77. The van der Waals surface area contributed by atoms with Crippen molar-refractivity contribution in [2.45, 2.75) is 84.6 Å². The predicted molar refractivity (Wildman–Crippen MR) is 90.1 cm³/mol. The van der Waals surface area contributed by atoms with E-state index in [4.69, 9.17) is 0 Å². The van der Waals surface area contributed by atoms with Crippen molar-refractivity contribution in [3.8, 4) is 0 Å². The summed E-state index contributed by atoms with van der Waals surface area (Å²) in [5.74, 6) is 2.66. The molecule has 1 aliphatic heterocycles. The van der Waals surface area contributed by atoms with Gasteiger partial charge in [-0.1, -0.05) is 65.7 Å². The molecule has 0 aromatic heterocycles. The lowest BCUT2D eigenvalue weighted by Gasteiger charge is -2.35. The first kappa shape index (κ1) is 17.4. The molecule has 19 heavy (non-hydrogen) atoms. The maximum atomic E-state index is 3.77. The molecule has 1 rings (SSSR count). The second-order valence-corrected chi connectivity index (χ2v) is 8.04. The van der Waals surface area contributed by atoms with Crippen molar-refractivity contribution < 1.29 is 0 Å². The van der Waals surface area contributed by atoms with E-state index in [9.17, 15) is 0 Å². The summed E-state index contributed by atoms with van der Waals surface area (Å²) in [7, 11) is 0. The molecule has 0 saturated carbocycles. The highest BCUT2D eigenvalue weighted by Gasteiger charge is 2.27. The molecule has 1 saturated heterocycles. The molecule has 1 unspecified atom stereocenters. The quantitative estimate of drug-likeness (QED) is 0.550. The maximum Gasteiger partial charge on any atom is 0.0163 e. The molecule has 114 valence electrons. The van der Waals surface area contributed by atoms with E-state index in [2.05, 4.69) is 37.8 Å². The molecule has 0 radical (unpaired) electrons. The standard InChI is InChI=1S/C17H35NS/c1-4-5-6-7-8-9-10-11-12-18-16-13-17(2,3)15-19-14-16/h16,18H,4-15H2,1-3H3. The van der Waals surface area contributed by atoms with Gasteiger partial charge in [0, 0.05) is 11.8 Å². The van der Waals surface area contributed by atoms with Crippen molar-refractivity contribution >= 4 is 11.8 Å². The topological polar surface area (TPSA) is 12.0 Å². The summed E-state index contributed by atoms with van der Waals surface area (Å²) in [4.78, 5) is 0. The van der Waals surface area contributed by atoms with Crippen molar-refractivity contribution in [3.05, 3.63) is 0 Å². The highest BCUT2D eigenvalue weighted by Crippen LogP contribution is 2.33. The first-order valence-electron chi connectivity index (χ1n) is 8.45. The first-order valence-corrected chi connectivity index (χ1v) is 9.60. The first-order chi connectivity index (χ1) is 9.14. The fourth-order valence-corrected chi connectivity index (χ4v) is 4.27. The highest BCUT2D eigenvalue weighted by atomic mass is 32.2. The number of nitrogens with one attached hydrogen (secondary N) is 1. The Morgan fingerprint density at radius 3 is 2.26 bits per heavy atom. The minimum atomic E-state index is 0.542. The molecular weight excluding hydrogens is 250 g/mol. The van der Waals surface area contributed by atoms with E-state index in [0.29, 0.717) is 5.41 Å². The van der Waals surface area contributed by atoms with Crippen LogP contribution < -0.4 is 5.32 Å². The minimum Gasteiger partial charge on any atom is -0.313 e. The third kappa shape index (κ3) is 8.96. The van der Waals surface area contributed by atoms with Crippen LogP contribution in [0.1, 0.15) is 78.6 Å². The summed E-state index contributed by atoms with van der Waals surface area (Å²) in [6.45, 7) is 8.33. The lowest BCUT2D eigenvalue weighted by Crippen LogP contribution is -2.40. The Kier molecular flexibility index (Phi) is 9.23. The van der Waals surface area contributed by atoms with Gasteiger partial charge in [0.05, 0.1) is 0 Å². The van der Waals surface area contributed by atoms with Crippen LogP contribution in [0.4, 0.5) is 0 Å². The average Bonchev–Trinajstić information content (AvgIpc) is 2.36. The molecule has 0 bridgehead atoms. The van der Waals surface area contributed by atoms with Gasteiger partial charge in [-0.05, 0) is 30.6 Å². The third-order valence-electron chi connectivity index (χ3n) is 4.07. The summed E-state index contributed by atoms with van der Waals surface area (Å²) in [5.41, 5.74) is 0.542. The molecule has 1 fully saturated rings. The molecule has 1 atom stereocenters. The van der Waals surface area contributed by atoms with E-state index in [-0.39, 0.29) is 0 Å². The SMILES string of the molecule is CCCCCCCCCCNC1CSCC(C)(C)C1. The van der Waals surface area contributed by atoms with Crippen molar-refractivity contribution in [3.63, 3.8) is 0 Å². The predicted octanol–water partition coefficient (Wildman–Crippen LogP) is 5.25. The average molecular weight is 286 g/mol. The zero-order valence-electron chi connectivity index (χ0n) is 13.5. The molecule has 0 aromatic carbocycles. The van der Waals surface area contributed by atoms with E-state index >= 15 is 0 Å². The fraction of sp³-hybridized carbons (Fsp3) is 1.00. The van der Waals surface area contributed by atoms with Crippen LogP contribution >= 0.6 is 11.8 Å². The molecule has 0 amide bonds. The summed E-state index contributed by atoms with van der Waals surface area (Å²) >= 11 is 2.13. The number of hydrogen-bond donors (Lipinski definition) is 1. The van der Waals surface area contributed by atoms with Gasteiger partial charge >= 0.3 is 0 Å². The Bertz CT molecular complexity index is 215. The van der Waals surface area contributed by atoms with Crippen LogP contribution in [0, 0.1) is 5.41 Å².